The summed E-state index contributed by atoms with van der Waals surface area (Å²) in [6.07, 6.45) is 0. The van der Waals surface area contributed by atoms with Gasteiger partial charge in [-0.3, -0.25) is 4.79 Å². The predicted octanol–water partition coefficient (Wildman–Crippen LogP) is 3.55. The van der Waals surface area contributed by atoms with Gasteiger partial charge in [-0.15, -0.1) is 0 Å². The summed E-state index contributed by atoms with van der Waals surface area (Å²) >= 11 is 3.46. The average molecular weight is 405 g/mol. The van der Waals surface area contributed by atoms with E-state index in [0.717, 1.165) is 15.7 Å². The highest BCUT2D eigenvalue weighted by Gasteiger charge is 2.14. The Morgan fingerprint density at radius 2 is 1.76 bits per heavy atom. The molecule has 0 radical (unpaired) electrons. The summed E-state index contributed by atoms with van der Waals surface area (Å²) in [7, 11) is 3.84. The summed E-state index contributed by atoms with van der Waals surface area (Å²) in [4.78, 5) is 26.0. The van der Waals surface area contributed by atoms with Crippen molar-refractivity contribution in [3.05, 3.63) is 64.1 Å². The van der Waals surface area contributed by atoms with Gasteiger partial charge in [-0.05, 0) is 42.8 Å². The van der Waals surface area contributed by atoms with E-state index in [1.807, 2.05) is 62.3 Å². The fourth-order valence-electron chi connectivity index (χ4n) is 2.30. The molecule has 0 heterocycles. The van der Waals surface area contributed by atoms with Gasteiger partial charge in [-0.1, -0.05) is 34.1 Å². The number of carbonyl (C=O) groups excluding carboxylic acids is 2. The Morgan fingerprint density at radius 3 is 2.36 bits per heavy atom. The lowest BCUT2D eigenvalue weighted by Crippen LogP contribution is -2.31. The van der Waals surface area contributed by atoms with Crippen LogP contribution in [0.5, 0.6) is 0 Å². The summed E-state index contributed by atoms with van der Waals surface area (Å²) in [6, 6.07) is 14.5. The van der Waals surface area contributed by atoms with E-state index in [2.05, 4.69) is 21.2 Å². The van der Waals surface area contributed by atoms with E-state index >= 15 is 0 Å². The Labute approximate surface area is 156 Å². The molecule has 1 N–H and O–H groups in total. The van der Waals surface area contributed by atoms with E-state index in [0.29, 0.717) is 5.56 Å². The quantitative estimate of drug-likeness (QED) is 0.747. The zero-order chi connectivity index (χ0) is 18.4. The fourth-order valence-corrected chi connectivity index (χ4v) is 2.93. The van der Waals surface area contributed by atoms with Gasteiger partial charge in [0.1, 0.15) is 0 Å². The monoisotopic (exact) mass is 404 g/mol. The summed E-state index contributed by atoms with van der Waals surface area (Å²) in [5, 5.41) is 2.82. The predicted molar refractivity (Wildman–Crippen MR) is 102 cm³/mol. The number of nitrogens with zero attached hydrogens (tertiary/aromatic N) is 1. The highest BCUT2D eigenvalue weighted by molar-refractivity contribution is 9.10. The smallest absolute Gasteiger partial charge is 0.338 e. The molecule has 2 aromatic rings. The third kappa shape index (κ3) is 5.32. The van der Waals surface area contributed by atoms with Crippen molar-refractivity contribution in [2.75, 3.05) is 25.6 Å². The van der Waals surface area contributed by atoms with E-state index in [9.17, 15) is 9.59 Å². The zero-order valence-corrected chi connectivity index (χ0v) is 16.0. The Hall–Kier alpha value is -2.34. The maximum absolute atomic E-state index is 12.0. The first-order valence-electron chi connectivity index (χ1n) is 7.87. The van der Waals surface area contributed by atoms with Crippen LogP contribution in [0.1, 0.15) is 28.9 Å². The number of anilines is 1. The second kappa shape index (κ2) is 8.67. The highest BCUT2D eigenvalue weighted by atomic mass is 79.9. The van der Waals surface area contributed by atoms with E-state index in [1.165, 1.54) is 0 Å². The topological polar surface area (TPSA) is 58.6 Å². The van der Waals surface area contributed by atoms with Crippen molar-refractivity contribution in [2.24, 2.45) is 0 Å². The number of carbonyl (C=O) groups is 2. The minimum atomic E-state index is -0.519. The zero-order valence-electron chi connectivity index (χ0n) is 14.5. The van der Waals surface area contributed by atoms with E-state index in [4.69, 9.17) is 4.74 Å². The molecule has 0 saturated carbocycles. The number of esters is 1. The summed E-state index contributed by atoms with van der Waals surface area (Å²) in [5.74, 6) is -0.865. The molecule has 2 aromatic carbocycles. The molecular weight excluding hydrogens is 384 g/mol. The number of benzene rings is 2. The molecule has 2 rings (SSSR count). The van der Waals surface area contributed by atoms with Crippen LogP contribution in [0.15, 0.2) is 53.0 Å². The molecule has 0 saturated heterocycles. The largest absolute Gasteiger partial charge is 0.452 e. The van der Waals surface area contributed by atoms with Gasteiger partial charge in [-0.2, -0.15) is 0 Å². The lowest BCUT2D eigenvalue weighted by atomic mass is 10.1. The maximum Gasteiger partial charge on any atom is 0.338 e. The van der Waals surface area contributed by atoms with Gasteiger partial charge in [0, 0.05) is 24.3 Å². The first-order valence-corrected chi connectivity index (χ1v) is 8.66. The van der Waals surface area contributed by atoms with Crippen molar-refractivity contribution in [1.29, 1.82) is 0 Å². The first kappa shape index (κ1) is 19.0. The molecule has 0 fully saturated rings. The Kier molecular flexibility index (Phi) is 6.58. The Bertz CT molecular complexity index is 745. The molecular formula is C19H21BrN2O3. The van der Waals surface area contributed by atoms with Gasteiger partial charge in [-0.25, -0.2) is 4.79 Å². The molecule has 0 aromatic heterocycles. The molecule has 1 atom stereocenters. The SMILES string of the molecule is C[C@H](NC(=O)COC(=O)c1ccc(N(C)C)cc1)c1ccccc1Br. The van der Waals surface area contributed by atoms with Crippen LogP contribution in [0, 0.1) is 0 Å². The summed E-state index contributed by atoms with van der Waals surface area (Å²) in [6.45, 7) is 1.56. The van der Waals surface area contributed by atoms with Gasteiger partial charge < -0.3 is 15.0 Å². The van der Waals surface area contributed by atoms with Crippen LogP contribution >= 0.6 is 15.9 Å². The molecule has 0 spiro atoms. The van der Waals surface area contributed by atoms with Crippen LogP contribution in [0.25, 0.3) is 0 Å². The molecule has 25 heavy (non-hydrogen) atoms. The van der Waals surface area contributed by atoms with Crippen LogP contribution in [0.3, 0.4) is 0 Å². The van der Waals surface area contributed by atoms with Crippen LogP contribution < -0.4 is 10.2 Å². The van der Waals surface area contributed by atoms with E-state index < -0.39 is 5.97 Å². The summed E-state index contributed by atoms with van der Waals surface area (Å²) in [5.41, 5.74) is 2.36. The number of halogens is 1. The summed E-state index contributed by atoms with van der Waals surface area (Å²) < 4.78 is 6.00. The van der Waals surface area contributed by atoms with Gasteiger partial charge in [0.05, 0.1) is 11.6 Å². The molecule has 0 bridgehead atoms. The fraction of sp³-hybridized carbons (Fsp3) is 0.263. The van der Waals surface area contributed by atoms with Crippen LogP contribution in [0.4, 0.5) is 5.69 Å². The molecule has 0 aliphatic carbocycles. The van der Waals surface area contributed by atoms with Crippen LogP contribution in [-0.4, -0.2) is 32.6 Å². The lowest BCUT2D eigenvalue weighted by Gasteiger charge is -2.16. The van der Waals surface area contributed by atoms with Gasteiger partial charge in [0.25, 0.3) is 5.91 Å². The van der Waals surface area contributed by atoms with Gasteiger partial charge in [0.2, 0.25) is 0 Å². The molecule has 0 aliphatic rings. The van der Waals surface area contributed by atoms with Crippen molar-refractivity contribution in [2.45, 2.75) is 13.0 Å². The molecule has 132 valence electrons. The van der Waals surface area contributed by atoms with E-state index in [-0.39, 0.29) is 18.6 Å². The Morgan fingerprint density at radius 1 is 1.12 bits per heavy atom. The normalized spacial score (nSPS) is 11.5. The molecule has 1 amide bonds. The molecule has 0 aliphatic heterocycles. The Balaban J connectivity index is 1.87. The van der Waals surface area contributed by atoms with E-state index in [1.54, 1.807) is 12.1 Å². The lowest BCUT2D eigenvalue weighted by molar-refractivity contribution is -0.124. The van der Waals surface area contributed by atoms with Crippen molar-refractivity contribution < 1.29 is 14.3 Å². The maximum atomic E-state index is 12.0. The van der Waals surface area contributed by atoms with Crippen LogP contribution in [0.2, 0.25) is 0 Å². The number of hydrogen-bond acceptors (Lipinski definition) is 4. The minimum Gasteiger partial charge on any atom is -0.452 e. The first-order chi connectivity index (χ1) is 11.9. The van der Waals surface area contributed by atoms with Crippen molar-refractivity contribution in [1.82, 2.24) is 5.32 Å². The van der Waals surface area contributed by atoms with Gasteiger partial charge >= 0.3 is 5.97 Å². The number of amides is 1. The van der Waals surface area contributed by atoms with Crippen molar-refractivity contribution in [3.8, 4) is 0 Å². The number of rotatable bonds is 6. The average Bonchev–Trinajstić information content (AvgIpc) is 2.60. The van der Waals surface area contributed by atoms with Crippen molar-refractivity contribution >= 4 is 33.5 Å². The highest BCUT2D eigenvalue weighted by Crippen LogP contribution is 2.22. The molecule has 0 unspecified atom stereocenters. The third-order valence-corrected chi connectivity index (χ3v) is 4.43. The second-order valence-electron chi connectivity index (χ2n) is 5.83. The molecule has 5 nitrogen and oxygen atoms in total. The third-order valence-electron chi connectivity index (χ3n) is 3.70. The second-order valence-corrected chi connectivity index (χ2v) is 6.68. The van der Waals surface area contributed by atoms with Crippen LogP contribution in [-0.2, 0) is 9.53 Å². The van der Waals surface area contributed by atoms with Gasteiger partial charge in [0.15, 0.2) is 6.61 Å². The molecule has 6 heteroatoms. The number of hydrogen-bond donors (Lipinski definition) is 1. The number of ether oxygens (including phenoxy) is 1. The number of nitrogens with one attached hydrogen (secondary N) is 1. The standard InChI is InChI=1S/C19H21BrN2O3/c1-13(16-6-4-5-7-17(16)20)21-18(23)12-25-19(24)14-8-10-15(11-9-14)22(2)3/h4-11,13H,12H2,1-3H3,(H,21,23)/t13-/m0/s1. The van der Waals surface area contributed by atoms with Crippen molar-refractivity contribution in [3.63, 3.8) is 0 Å². The minimum absolute atomic E-state index is 0.193.